The summed E-state index contributed by atoms with van der Waals surface area (Å²) < 4.78 is 0.888. The minimum atomic E-state index is 0.146. The van der Waals surface area contributed by atoms with Gasteiger partial charge in [-0.15, -0.1) is 11.3 Å². The normalized spacial score (nSPS) is 28.6. The van der Waals surface area contributed by atoms with Gasteiger partial charge in [-0.3, -0.25) is 0 Å². The van der Waals surface area contributed by atoms with E-state index in [-0.39, 0.29) is 6.04 Å². The average Bonchev–Trinajstić information content (AvgIpc) is 3.11. The Morgan fingerprint density at radius 3 is 2.90 bits per heavy atom. The summed E-state index contributed by atoms with van der Waals surface area (Å²) in [4.78, 5) is 1.25. The lowest BCUT2D eigenvalue weighted by Crippen LogP contribution is -2.12. The monoisotopic (exact) mass is 303 g/mol. The molecule has 1 saturated carbocycles. The van der Waals surface area contributed by atoms with Crippen LogP contribution in [0.1, 0.15) is 39.9 Å². The van der Waals surface area contributed by atoms with Gasteiger partial charge in [0.15, 0.2) is 0 Å². The van der Waals surface area contributed by atoms with E-state index in [9.17, 15) is 0 Å². The lowest BCUT2D eigenvalue weighted by molar-refractivity contribution is 0.561. The summed E-state index contributed by atoms with van der Waals surface area (Å²) in [5.74, 6) is 2.06. The number of aryl methyl sites for hydroxylation is 2. The highest BCUT2D eigenvalue weighted by Gasteiger charge is 2.55. The number of nitrogens with two attached hydrogens (primary N) is 1. The molecule has 3 heteroatoms. The minimum absolute atomic E-state index is 0.146. The van der Waals surface area contributed by atoms with Crippen LogP contribution in [0.15, 0.2) is 30.3 Å². The predicted molar refractivity (Wildman–Crippen MR) is 85.5 cm³/mol. The van der Waals surface area contributed by atoms with E-state index in [0.717, 1.165) is 15.8 Å². The van der Waals surface area contributed by atoms with Crippen molar-refractivity contribution in [2.24, 2.45) is 17.6 Å². The number of benzene rings is 1. The third kappa shape index (κ3) is 1.86. The summed E-state index contributed by atoms with van der Waals surface area (Å²) in [7, 11) is 0. The molecule has 4 unspecified atom stereocenters. The molecule has 4 rings (SSSR count). The number of fused-ring (bicyclic) bond motifs is 3. The summed E-state index contributed by atoms with van der Waals surface area (Å²) in [5, 5.41) is 0. The highest BCUT2D eigenvalue weighted by molar-refractivity contribution is 7.16. The van der Waals surface area contributed by atoms with Crippen LogP contribution in [0.4, 0.5) is 0 Å². The first-order chi connectivity index (χ1) is 9.66. The quantitative estimate of drug-likeness (QED) is 0.856. The van der Waals surface area contributed by atoms with Crippen LogP contribution in [0.3, 0.4) is 0 Å². The molecule has 1 fully saturated rings. The van der Waals surface area contributed by atoms with Crippen molar-refractivity contribution in [3.63, 3.8) is 0 Å². The summed E-state index contributed by atoms with van der Waals surface area (Å²) in [6, 6.07) is 11.2. The Bertz CT molecular complexity index is 643. The van der Waals surface area contributed by atoms with E-state index in [1.807, 2.05) is 0 Å². The van der Waals surface area contributed by atoms with E-state index in [1.165, 1.54) is 23.3 Å². The van der Waals surface area contributed by atoms with Crippen LogP contribution in [0.2, 0.25) is 4.34 Å². The summed E-state index contributed by atoms with van der Waals surface area (Å²) >= 11 is 7.85. The van der Waals surface area contributed by atoms with Gasteiger partial charge < -0.3 is 5.73 Å². The Morgan fingerprint density at radius 2 is 2.15 bits per heavy atom. The van der Waals surface area contributed by atoms with Crippen molar-refractivity contribution in [1.82, 2.24) is 0 Å². The molecule has 2 N–H and O–H groups in total. The molecule has 2 aliphatic carbocycles. The molecule has 0 spiro atoms. The second-order valence-corrected chi connectivity index (χ2v) is 7.82. The van der Waals surface area contributed by atoms with E-state index in [2.05, 4.69) is 37.3 Å². The Balaban J connectivity index is 1.63. The third-order valence-corrected chi connectivity index (χ3v) is 6.67. The molecule has 1 aromatic heterocycles. The van der Waals surface area contributed by atoms with Gasteiger partial charge in [-0.1, -0.05) is 35.9 Å². The van der Waals surface area contributed by atoms with Crippen molar-refractivity contribution in [1.29, 1.82) is 0 Å². The fourth-order valence-corrected chi connectivity index (χ4v) is 5.22. The number of thiophene rings is 1. The fraction of sp³-hybridized carbons (Fsp3) is 0.412. The molecule has 104 valence electrons. The molecule has 20 heavy (non-hydrogen) atoms. The molecule has 0 saturated heterocycles. The zero-order valence-corrected chi connectivity index (χ0v) is 13.0. The first kappa shape index (κ1) is 12.9. The molecule has 0 aliphatic heterocycles. The maximum atomic E-state index is 6.55. The van der Waals surface area contributed by atoms with E-state index in [4.69, 9.17) is 17.3 Å². The molecular formula is C17H18ClNS. The zero-order chi connectivity index (χ0) is 13.9. The van der Waals surface area contributed by atoms with Crippen LogP contribution in [-0.2, 0) is 6.42 Å². The van der Waals surface area contributed by atoms with Gasteiger partial charge in [0.25, 0.3) is 0 Å². The minimum Gasteiger partial charge on any atom is -0.323 e. The molecule has 1 heterocycles. The Morgan fingerprint density at radius 1 is 1.35 bits per heavy atom. The zero-order valence-electron chi connectivity index (χ0n) is 11.5. The van der Waals surface area contributed by atoms with E-state index >= 15 is 0 Å². The summed E-state index contributed by atoms with van der Waals surface area (Å²) in [5.41, 5.74) is 10.8. The van der Waals surface area contributed by atoms with E-state index in [0.29, 0.717) is 11.8 Å². The smallest absolute Gasteiger partial charge is 0.0960 e. The van der Waals surface area contributed by atoms with Gasteiger partial charge in [0.05, 0.1) is 4.34 Å². The molecule has 0 radical (unpaired) electrons. The van der Waals surface area contributed by atoms with Gasteiger partial charge >= 0.3 is 0 Å². The van der Waals surface area contributed by atoms with Gasteiger partial charge in [0.1, 0.15) is 0 Å². The average molecular weight is 304 g/mol. The van der Waals surface area contributed by atoms with Crippen molar-refractivity contribution in [3.8, 4) is 0 Å². The Labute approximate surface area is 128 Å². The summed E-state index contributed by atoms with van der Waals surface area (Å²) in [6.45, 7) is 2.06. The predicted octanol–water partition coefficient (Wildman–Crippen LogP) is 4.69. The third-order valence-electron chi connectivity index (χ3n) is 5.01. The molecule has 4 atom stereocenters. The van der Waals surface area contributed by atoms with Gasteiger partial charge in [-0.05, 0) is 60.3 Å². The second kappa shape index (κ2) is 4.59. The first-order valence-electron chi connectivity index (χ1n) is 7.26. The number of hydrogen-bond acceptors (Lipinski definition) is 2. The molecule has 1 nitrogen and oxygen atoms in total. The topological polar surface area (TPSA) is 26.0 Å². The maximum absolute atomic E-state index is 6.55. The van der Waals surface area contributed by atoms with Crippen LogP contribution in [0, 0.1) is 18.8 Å². The van der Waals surface area contributed by atoms with Crippen LogP contribution >= 0.6 is 22.9 Å². The lowest BCUT2D eigenvalue weighted by Gasteiger charge is -2.13. The number of hydrogen-bond donors (Lipinski definition) is 1. The highest BCUT2D eigenvalue weighted by Crippen LogP contribution is 2.64. The van der Waals surface area contributed by atoms with Crippen molar-refractivity contribution >= 4 is 22.9 Å². The Kier molecular flexibility index (Phi) is 2.95. The van der Waals surface area contributed by atoms with Crippen molar-refractivity contribution in [2.45, 2.75) is 31.7 Å². The van der Waals surface area contributed by atoms with Crippen molar-refractivity contribution < 1.29 is 0 Å². The van der Waals surface area contributed by atoms with Crippen molar-refractivity contribution in [3.05, 3.63) is 56.2 Å². The molecule has 0 bridgehead atoms. The van der Waals surface area contributed by atoms with Crippen molar-refractivity contribution in [2.75, 3.05) is 0 Å². The van der Waals surface area contributed by atoms with E-state index in [1.54, 1.807) is 16.9 Å². The van der Waals surface area contributed by atoms with Gasteiger partial charge in [-0.2, -0.15) is 0 Å². The molecule has 1 aromatic carbocycles. The van der Waals surface area contributed by atoms with Gasteiger partial charge in [-0.25, -0.2) is 0 Å². The lowest BCUT2D eigenvalue weighted by atomic mass is 9.92. The highest BCUT2D eigenvalue weighted by atomic mass is 35.5. The number of rotatable bonds is 2. The molecule has 2 aliphatic rings. The molecule has 0 amide bonds. The van der Waals surface area contributed by atoms with Crippen LogP contribution in [0.25, 0.3) is 0 Å². The van der Waals surface area contributed by atoms with Crippen LogP contribution in [0.5, 0.6) is 0 Å². The Hall–Kier alpha value is -0.830. The van der Waals surface area contributed by atoms with Gasteiger partial charge in [0, 0.05) is 10.9 Å². The SMILES string of the molecule is Cc1cc(C(N)C2C3CCc4ccccc4C32)sc1Cl. The summed E-state index contributed by atoms with van der Waals surface area (Å²) in [6.07, 6.45) is 2.50. The molecule has 2 aromatic rings. The molecular weight excluding hydrogens is 286 g/mol. The maximum Gasteiger partial charge on any atom is 0.0960 e. The van der Waals surface area contributed by atoms with Crippen LogP contribution in [-0.4, -0.2) is 0 Å². The van der Waals surface area contributed by atoms with E-state index < -0.39 is 0 Å². The number of halogens is 1. The van der Waals surface area contributed by atoms with Gasteiger partial charge in [0.2, 0.25) is 0 Å². The standard InChI is InChI=1S/C17H18ClNS/c1-9-8-13(20-17(9)18)16(19)15-12-7-6-10-4-2-3-5-11(10)14(12)15/h2-5,8,12,14-16H,6-7,19H2,1H3. The van der Waals surface area contributed by atoms with Crippen LogP contribution < -0.4 is 5.73 Å². The first-order valence-corrected chi connectivity index (χ1v) is 8.45. The second-order valence-electron chi connectivity index (χ2n) is 6.14. The fourth-order valence-electron chi connectivity index (χ4n) is 3.95. The largest absolute Gasteiger partial charge is 0.323 e.